The Kier molecular flexibility index (Phi) is 5.46. The van der Waals surface area contributed by atoms with Gasteiger partial charge in [-0.1, -0.05) is 17.4 Å². The minimum absolute atomic E-state index is 0.0312. The quantitative estimate of drug-likeness (QED) is 0.500. The van der Waals surface area contributed by atoms with Crippen LogP contribution in [0.2, 0.25) is 0 Å². The normalized spacial score (nSPS) is 29.5. The summed E-state index contributed by atoms with van der Waals surface area (Å²) < 4.78 is 16.0. The highest BCUT2D eigenvalue weighted by Crippen LogP contribution is 2.46. The van der Waals surface area contributed by atoms with E-state index in [9.17, 15) is 5.11 Å². The topological polar surface area (TPSA) is 100.0 Å². The molecule has 0 unspecified atom stereocenters. The first-order valence-electron chi connectivity index (χ1n) is 12.3. The molecule has 186 valence electrons. The van der Waals surface area contributed by atoms with Crippen molar-refractivity contribution in [3.05, 3.63) is 29.4 Å². The lowest BCUT2D eigenvalue weighted by Gasteiger charge is -2.57. The lowest BCUT2D eigenvalue weighted by atomic mass is 9.68. The summed E-state index contributed by atoms with van der Waals surface area (Å²) in [7, 11) is 0. The Morgan fingerprint density at radius 3 is 2.69 bits per heavy atom. The van der Waals surface area contributed by atoms with Crippen LogP contribution in [0.1, 0.15) is 57.4 Å². The van der Waals surface area contributed by atoms with Gasteiger partial charge in [-0.3, -0.25) is 0 Å². The van der Waals surface area contributed by atoms with E-state index in [1.807, 2.05) is 13.0 Å². The van der Waals surface area contributed by atoms with Crippen molar-refractivity contribution in [1.29, 1.82) is 0 Å². The number of hydrogen-bond donors (Lipinski definition) is 2. The van der Waals surface area contributed by atoms with E-state index in [0.717, 1.165) is 32.1 Å². The molecule has 1 saturated carbocycles. The van der Waals surface area contributed by atoms with E-state index in [4.69, 9.17) is 6.42 Å². The number of nitrogens with one attached hydrogen (secondary N) is 1. The molecular formula is C26H28FN7OS. The standard InChI is InChI=1S/C26H28FN7OS/c1-4-21-30-31-23(36-21)15-6-9-17(20(35)12-15)18-14-28-24(32-29-18)34(16-7-8-16)19-13-25(2)10-5-11-26(3,33-25)22(19)27/h1,6,9,12,14,16,19,22,33,35H,5,7-8,10-11,13H2,2-3H3/t19-,22-,25-,26+/m0/s1. The van der Waals surface area contributed by atoms with Crippen molar-refractivity contribution in [1.82, 2.24) is 30.7 Å². The van der Waals surface area contributed by atoms with Gasteiger partial charge in [0.2, 0.25) is 5.95 Å². The lowest BCUT2D eigenvalue weighted by Crippen LogP contribution is -2.73. The molecule has 3 aliphatic rings. The number of aromatic hydroxyl groups is 1. The van der Waals surface area contributed by atoms with Crippen molar-refractivity contribution in [3.8, 4) is 39.9 Å². The molecule has 2 aromatic heterocycles. The van der Waals surface area contributed by atoms with E-state index in [-0.39, 0.29) is 23.4 Å². The Labute approximate surface area is 213 Å². The van der Waals surface area contributed by atoms with Gasteiger partial charge in [0.05, 0.1) is 12.2 Å². The molecule has 1 aromatic carbocycles. The Bertz CT molecular complexity index is 1340. The number of benzene rings is 1. The largest absolute Gasteiger partial charge is 0.507 e. The molecule has 8 nitrogen and oxygen atoms in total. The number of rotatable bonds is 5. The summed E-state index contributed by atoms with van der Waals surface area (Å²) in [5.41, 5.74) is 1.02. The van der Waals surface area contributed by atoms with Crippen LogP contribution in [0.3, 0.4) is 0 Å². The molecule has 0 radical (unpaired) electrons. The zero-order valence-corrected chi connectivity index (χ0v) is 21.1. The molecule has 4 atom stereocenters. The number of piperidine rings is 2. The number of phenols is 1. The summed E-state index contributed by atoms with van der Waals surface area (Å²) in [6.45, 7) is 4.22. The van der Waals surface area contributed by atoms with Gasteiger partial charge in [-0.15, -0.1) is 26.8 Å². The van der Waals surface area contributed by atoms with Crippen LogP contribution in [0.25, 0.3) is 21.8 Å². The fourth-order valence-corrected chi connectivity index (χ4v) is 6.62. The van der Waals surface area contributed by atoms with Crippen LogP contribution in [-0.4, -0.2) is 59.8 Å². The van der Waals surface area contributed by atoms with Gasteiger partial charge in [0.25, 0.3) is 0 Å². The molecule has 2 aliphatic heterocycles. The molecule has 6 rings (SSSR count). The Hall–Kier alpha value is -3.16. The fourth-order valence-electron chi connectivity index (χ4n) is 5.97. The van der Waals surface area contributed by atoms with Gasteiger partial charge in [-0.25, -0.2) is 9.37 Å². The van der Waals surface area contributed by atoms with Crippen LogP contribution in [0.5, 0.6) is 5.75 Å². The lowest BCUT2D eigenvalue weighted by molar-refractivity contribution is 0.0000875. The van der Waals surface area contributed by atoms with Crippen molar-refractivity contribution in [2.24, 2.45) is 0 Å². The first-order valence-corrected chi connectivity index (χ1v) is 13.2. The molecule has 0 spiro atoms. The van der Waals surface area contributed by atoms with E-state index < -0.39 is 11.7 Å². The van der Waals surface area contributed by atoms with E-state index in [1.54, 1.807) is 18.3 Å². The zero-order valence-electron chi connectivity index (χ0n) is 20.3. The number of anilines is 1. The SMILES string of the molecule is C#Cc1nnc(-c2ccc(-c3cnc(N(C4CC4)[C@H]4C[C@]5(C)CCC[C@@](C)(N5)[C@H]4F)nn3)c(O)c2)s1. The molecule has 2 bridgehead atoms. The Balaban J connectivity index is 1.28. The van der Waals surface area contributed by atoms with Gasteiger partial charge >= 0.3 is 0 Å². The molecule has 2 saturated heterocycles. The predicted molar refractivity (Wildman–Crippen MR) is 136 cm³/mol. The van der Waals surface area contributed by atoms with E-state index >= 15 is 4.39 Å². The second-order valence-electron chi connectivity index (χ2n) is 10.7. The van der Waals surface area contributed by atoms with Gasteiger partial charge < -0.3 is 15.3 Å². The predicted octanol–water partition coefficient (Wildman–Crippen LogP) is 4.11. The summed E-state index contributed by atoms with van der Waals surface area (Å²) in [5.74, 6) is 2.95. The smallest absolute Gasteiger partial charge is 0.245 e. The molecule has 2 N–H and O–H groups in total. The third kappa shape index (κ3) is 4.00. The van der Waals surface area contributed by atoms with Crippen molar-refractivity contribution < 1.29 is 9.50 Å². The average Bonchev–Trinajstić information content (AvgIpc) is 3.57. The average molecular weight is 506 g/mol. The maximum Gasteiger partial charge on any atom is 0.245 e. The second-order valence-corrected chi connectivity index (χ2v) is 11.7. The van der Waals surface area contributed by atoms with Crippen LogP contribution in [0.15, 0.2) is 24.4 Å². The van der Waals surface area contributed by atoms with Gasteiger partial charge in [-0.05, 0) is 70.4 Å². The van der Waals surface area contributed by atoms with Gasteiger partial charge in [0, 0.05) is 28.2 Å². The number of fused-ring (bicyclic) bond motifs is 2. The van der Waals surface area contributed by atoms with Crippen molar-refractivity contribution >= 4 is 17.3 Å². The molecule has 4 heterocycles. The first kappa shape index (κ1) is 23.3. The molecule has 36 heavy (non-hydrogen) atoms. The molecule has 3 aromatic rings. The molecule has 0 amide bonds. The minimum atomic E-state index is -1.03. The van der Waals surface area contributed by atoms with E-state index in [2.05, 4.69) is 48.4 Å². The zero-order chi connectivity index (χ0) is 25.1. The van der Waals surface area contributed by atoms with Crippen molar-refractivity contribution in [2.75, 3.05) is 4.90 Å². The van der Waals surface area contributed by atoms with Crippen molar-refractivity contribution in [2.45, 2.75) is 81.7 Å². The minimum Gasteiger partial charge on any atom is -0.507 e. The highest BCUT2D eigenvalue weighted by Gasteiger charge is 2.56. The van der Waals surface area contributed by atoms with E-state index in [1.165, 1.54) is 11.3 Å². The maximum atomic E-state index is 16.0. The van der Waals surface area contributed by atoms with E-state index in [0.29, 0.717) is 39.2 Å². The summed E-state index contributed by atoms with van der Waals surface area (Å²) in [6.07, 6.45) is 11.6. The van der Waals surface area contributed by atoms with Gasteiger partial charge in [0.15, 0.2) is 5.01 Å². The Morgan fingerprint density at radius 1 is 1.19 bits per heavy atom. The third-order valence-electron chi connectivity index (χ3n) is 7.77. The van der Waals surface area contributed by atoms with Crippen LogP contribution in [0, 0.1) is 12.3 Å². The highest BCUT2D eigenvalue weighted by atomic mass is 32.1. The number of alkyl halides is 1. The van der Waals surface area contributed by atoms with Gasteiger partial charge in [-0.2, -0.15) is 0 Å². The van der Waals surface area contributed by atoms with Crippen LogP contribution in [-0.2, 0) is 0 Å². The number of aromatic nitrogens is 5. The van der Waals surface area contributed by atoms with Crippen LogP contribution < -0.4 is 10.2 Å². The fraction of sp³-hybridized carbons (Fsp3) is 0.500. The molecule has 3 fully saturated rings. The molecule has 10 heteroatoms. The number of terminal acetylenes is 1. The Morgan fingerprint density at radius 2 is 2.03 bits per heavy atom. The summed E-state index contributed by atoms with van der Waals surface area (Å²) >= 11 is 1.28. The first-order chi connectivity index (χ1) is 17.3. The molecular weight excluding hydrogens is 477 g/mol. The van der Waals surface area contributed by atoms with Crippen molar-refractivity contribution in [3.63, 3.8) is 0 Å². The highest BCUT2D eigenvalue weighted by molar-refractivity contribution is 7.15. The molecule has 1 aliphatic carbocycles. The summed E-state index contributed by atoms with van der Waals surface area (Å²) in [6, 6.07) is 5.11. The number of nitrogens with zero attached hydrogens (tertiary/aromatic N) is 6. The monoisotopic (exact) mass is 505 g/mol. The van der Waals surface area contributed by atoms with Crippen LogP contribution in [0.4, 0.5) is 10.3 Å². The van der Waals surface area contributed by atoms with Crippen LogP contribution >= 0.6 is 11.3 Å². The summed E-state index contributed by atoms with van der Waals surface area (Å²) in [4.78, 5) is 6.69. The number of hydrogen-bond acceptors (Lipinski definition) is 9. The van der Waals surface area contributed by atoms with Gasteiger partial charge in [0.1, 0.15) is 22.6 Å². The number of halogens is 1. The number of phenolic OH excluding ortho intramolecular Hbond substituents is 1. The third-order valence-corrected chi connectivity index (χ3v) is 8.67. The maximum absolute atomic E-state index is 16.0. The second kappa shape index (κ2) is 8.46. The summed E-state index contributed by atoms with van der Waals surface area (Å²) in [5, 5.41) is 32.2.